The van der Waals surface area contributed by atoms with Gasteiger partial charge in [-0.1, -0.05) is 69.9 Å². The first kappa shape index (κ1) is 36.1. The number of ether oxygens (including phenoxy) is 1. The lowest BCUT2D eigenvalue weighted by Gasteiger charge is -2.41. The number of carboxylic acid groups (broad SMARTS) is 1. The number of hydrogen-bond acceptors (Lipinski definition) is 9. The number of fused-ring (bicyclic) bond motifs is 2. The molecule has 0 bridgehead atoms. The third kappa shape index (κ3) is 8.43. The average Bonchev–Trinajstić information content (AvgIpc) is 3.37. The number of allylic oxidation sites excluding steroid dienone is 1. The van der Waals surface area contributed by atoms with Crippen LogP contribution in [-0.2, 0) is 19.1 Å². The molecule has 2 saturated heterocycles. The summed E-state index contributed by atoms with van der Waals surface area (Å²) in [6.07, 6.45) is 19.1. The van der Waals surface area contributed by atoms with Crippen molar-refractivity contribution >= 4 is 23.9 Å². The molecule has 49 heavy (non-hydrogen) atoms. The highest BCUT2D eigenvalue weighted by atomic mass is 16.6. The lowest BCUT2D eigenvalue weighted by atomic mass is 9.67. The molecule has 8 atom stereocenters. The molecule has 3 aliphatic heterocycles. The largest absolute Gasteiger partial charge is 0.479 e. The minimum absolute atomic E-state index is 0.0330. The Bertz CT molecular complexity index is 1250. The average molecular weight is 686 g/mol. The van der Waals surface area contributed by atoms with Crippen LogP contribution in [0.15, 0.2) is 12.2 Å². The molecule has 5 fully saturated rings. The van der Waals surface area contributed by atoms with Gasteiger partial charge in [-0.25, -0.2) is 20.4 Å². The Kier molecular flexibility index (Phi) is 11.2. The standard InChI is InChI=1S/C36H59N7O6/c1-35(2,3)49-34(48)37-28-19-11-6-4-5-10-16-24-21-36(24,33(46)47)38-31(44)29-20-25(22-42(29)32(28)45)43-40-30(39-41-43)27-18-13-12-17-26(27)23-14-8-7-9-15-23/h10,16,23-30,39-41H,4-9,11-15,17-22H2,1-3H3,(H,37,48)(H,38,44)(H,46,47)/b16-10-/t24-,25+,26?,27?,28-,29+,30?,36+/m1/s1. The summed E-state index contributed by atoms with van der Waals surface area (Å²) in [5, 5.41) is 17.8. The topological polar surface area (TPSA) is 164 Å². The van der Waals surface area contributed by atoms with Gasteiger partial charge in [-0.15, -0.1) is 0 Å². The molecule has 13 heteroatoms. The van der Waals surface area contributed by atoms with Crippen LogP contribution in [0.1, 0.15) is 124 Å². The van der Waals surface area contributed by atoms with Gasteiger partial charge in [-0.2, -0.15) is 10.7 Å². The third-order valence-corrected chi connectivity index (χ3v) is 11.9. The number of hydrogen-bond donors (Lipinski definition) is 6. The van der Waals surface area contributed by atoms with Gasteiger partial charge in [-0.05, 0) is 83.5 Å². The highest BCUT2D eigenvalue weighted by Crippen LogP contribution is 2.46. The second-order valence-electron chi connectivity index (χ2n) is 16.5. The van der Waals surface area contributed by atoms with E-state index in [2.05, 4.69) is 27.0 Å². The number of hydrazine groups is 3. The number of alkyl carbamates (subject to hydrolysis) is 1. The normalized spacial score (nSPS) is 37.6. The number of aliphatic carboxylic acids is 1. The SMILES string of the molecule is CC(C)(C)OC(=O)N[C@@H]1CCCCC/C=C\[C@@H]2C[C@]2(C(=O)O)NC(=O)[C@@H]2C[C@H](N3NNC(C4CCCCC4C4CCCCC4)N3)CN2C1=O. The van der Waals surface area contributed by atoms with Crippen LogP contribution in [0.3, 0.4) is 0 Å². The van der Waals surface area contributed by atoms with Gasteiger partial charge in [-0.3, -0.25) is 9.59 Å². The molecular weight excluding hydrogens is 626 g/mol. The number of carboxylic acids is 1. The fraction of sp³-hybridized carbons (Fsp3) is 0.833. The molecule has 0 aromatic carbocycles. The number of amides is 3. The Morgan fingerprint density at radius 2 is 1.65 bits per heavy atom. The maximum absolute atomic E-state index is 14.4. The van der Waals surface area contributed by atoms with Gasteiger partial charge >= 0.3 is 12.1 Å². The van der Waals surface area contributed by atoms with Crippen LogP contribution in [0.4, 0.5) is 4.79 Å². The lowest BCUT2D eigenvalue weighted by molar-refractivity contribution is -0.145. The monoisotopic (exact) mass is 685 g/mol. The fourth-order valence-electron chi connectivity index (χ4n) is 9.22. The summed E-state index contributed by atoms with van der Waals surface area (Å²) in [5.41, 5.74) is 8.39. The second-order valence-corrected chi connectivity index (χ2v) is 16.5. The number of carbonyl (C=O) groups is 4. The van der Waals surface area contributed by atoms with E-state index in [-0.39, 0.29) is 30.6 Å². The van der Waals surface area contributed by atoms with Gasteiger partial charge in [0.05, 0.1) is 12.2 Å². The van der Waals surface area contributed by atoms with E-state index in [0.717, 1.165) is 31.6 Å². The Morgan fingerprint density at radius 1 is 0.959 bits per heavy atom. The molecule has 3 unspecified atom stereocenters. The zero-order valence-electron chi connectivity index (χ0n) is 29.7. The van der Waals surface area contributed by atoms with Crippen LogP contribution in [0.2, 0.25) is 0 Å². The summed E-state index contributed by atoms with van der Waals surface area (Å²) >= 11 is 0. The van der Waals surface area contributed by atoms with Crippen molar-refractivity contribution in [2.24, 2.45) is 23.7 Å². The summed E-state index contributed by atoms with van der Waals surface area (Å²) in [7, 11) is 0. The number of nitrogens with zero attached hydrogens (tertiary/aromatic N) is 2. The Morgan fingerprint density at radius 3 is 2.39 bits per heavy atom. The zero-order chi connectivity index (χ0) is 34.8. The predicted molar refractivity (Wildman–Crippen MR) is 183 cm³/mol. The van der Waals surface area contributed by atoms with E-state index in [1.807, 2.05) is 17.3 Å². The molecule has 0 aromatic rings. The molecule has 6 aliphatic rings. The smallest absolute Gasteiger partial charge is 0.408 e. The fourth-order valence-corrected chi connectivity index (χ4v) is 9.22. The van der Waals surface area contributed by atoms with Crippen molar-refractivity contribution in [2.75, 3.05) is 6.54 Å². The van der Waals surface area contributed by atoms with Crippen molar-refractivity contribution in [1.82, 2.24) is 37.0 Å². The van der Waals surface area contributed by atoms with Gasteiger partial charge in [0.2, 0.25) is 11.8 Å². The van der Waals surface area contributed by atoms with E-state index in [9.17, 15) is 24.3 Å². The molecule has 0 aromatic heterocycles. The van der Waals surface area contributed by atoms with Crippen molar-refractivity contribution in [3.63, 3.8) is 0 Å². The highest BCUT2D eigenvalue weighted by molar-refractivity contribution is 5.96. The zero-order valence-corrected chi connectivity index (χ0v) is 29.7. The summed E-state index contributed by atoms with van der Waals surface area (Å²) in [4.78, 5) is 55.4. The second kappa shape index (κ2) is 15.2. The first-order valence-corrected chi connectivity index (χ1v) is 19.0. The van der Waals surface area contributed by atoms with Crippen molar-refractivity contribution < 1.29 is 29.0 Å². The molecule has 3 aliphatic carbocycles. The van der Waals surface area contributed by atoms with Crippen molar-refractivity contribution in [3.8, 4) is 0 Å². The molecule has 3 saturated carbocycles. The number of nitrogens with one attached hydrogen (secondary N) is 5. The van der Waals surface area contributed by atoms with Crippen LogP contribution < -0.4 is 27.0 Å². The molecule has 0 radical (unpaired) electrons. The van der Waals surface area contributed by atoms with Gasteiger partial charge in [0.25, 0.3) is 0 Å². The van der Waals surface area contributed by atoms with Crippen LogP contribution in [0.25, 0.3) is 0 Å². The van der Waals surface area contributed by atoms with Gasteiger partial charge in [0.1, 0.15) is 23.2 Å². The van der Waals surface area contributed by atoms with E-state index in [1.54, 1.807) is 25.7 Å². The maximum atomic E-state index is 14.4. The molecule has 3 heterocycles. The maximum Gasteiger partial charge on any atom is 0.408 e. The minimum atomic E-state index is -1.37. The summed E-state index contributed by atoms with van der Waals surface area (Å²) in [5.74, 6) is -0.279. The van der Waals surface area contributed by atoms with Crippen molar-refractivity contribution in [3.05, 3.63) is 12.2 Å². The van der Waals surface area contributed by atoms with E-state index in [1.165, 1.54) is 51.4 Å². The third-order valence-electron chi connectivity index (χ3n) is 11.9. The minimum Gasteiger partial charge on any atom is -0.479 e. The van der Waals surface area contributed by atoms with Crippen LogP contribution in [-0.4, -0.2) is 81.0 Å². The lowest BCUT2D eigenvalue weighted by Crippen LogP contribution is -2.56. The van der Waals surface area contributed by atoms with Crippen LogP contribution in [0.5, 0.6) is 0 Å². The first-order valence-electron chi connectivity index (χ1n) is 19.0. The quantitative estimate of drug-likeness (QED) is 0.234. The Hall–Kier alpha value is -2.74. The van der Waals surface area contributed by atoms with E-state index >= 15 is 0 Å². The molecular formula is C36H59N7O6. The molecule has 13 nitrogen and oxygen atoms in total. The molecule has 6 rings (SSSR count). The van der Waals surface area contributed by atoms with Crippen LogP contribution >= 0.6 is 0 Å². The van der Waals surface area contributed by atoms with Gasteiger partial charge < -0.3 is 25.4 Å². The van der Waals surface area contributed by atoms with E-state index < -0.39 is 41.2 Å². The number of rotatable bonds is 5. The van der Waals surface area contributed by atoms with Crippen LogP contribution in [0, 0.1) is 23.7 Å². The summed E-state index contributed by atoms with van der Waals surface area (Å²) in [6, 6.07) is -2.06. The van der Waals surface area contributed by atoms with Crippen molar-refractivity contribution in [2.45, 2.75) is 159 Å². The van der Waals surface area contributed by atoms with Crippen molar-refractivity contribution in [1.29, 1.82) is 0 Å². The Balaban J connectivity index is 1.21. The van der Waals surface area contributed by atoms with Gasteiger partial charge in [0, 0.05) is 12.5 Å². The molecule has 3 amide bonds. The predicted octanol–water partition coefficient (Wildman–Crippen LogP) is 3.87. The van der Waals surface area contributed by atoms with Gasteiger partial charge in [0.15, 0.2) is 0 Å². The number of carbonyl (C=O) groups excluding carboxylic acids is 3. The molecule has 274 valence electrons. The Labute approximate surface area is 291 Å². The molecule has 0 spiro atoms. The van der Waals surface area contributed by atoms with E-state index in [0.29, 0.717) is 37.5 Å². The molecule has 6 N–H and O–H groups in total. The van der Waals surface area contributed by atoms with E-state index in [4.69, 9.17) is 4.74 Å². The highest BCUT2D eigenvalue weighted by Gasteiger charge is 2.61. The first-order chi connectivity index (χ1) is 23.4. The summed E-state index contributed by atoms with van der Waals surface area (Å²) in [6.45, 7) is 5.55. The summed E-state index contributed by atoms with van der Waals surface area (Å²) < 4.78 is 5.52.